The Morgan fingerprint density at radius 1 is 0.245 bits per heavy atom. The molecule has 0 atom stereocenters. The Hall–Kier alpha value is -5.28. The number of benzene rings is 8. The molecule has 0 N–H and O–H groups in total. The summed E-state index contributed by atoms with van der Waals surface area (Å²) in [6.07, 6.45) is 0. The summed E-state index contributed by atoms with van der Waals surface area (Å²) in [5.41, 5.74) is 22.9. The van der Waals surface area contributed by atoms with Gasteiger partial charge in [-0.05, 0) is 100 Å². The summed E-state index contributed by atoms with van der Waals surface area (Å²) in [4.78, 5) is 0. The van der Waals surface area contributed by atoms with Gasteiger partial charge in [0.25, 0.3) is 0 Å². The molecule has 53 heavy (non-hydrogen) atoms. The Labute approximate surface area is 326 Å². The van der Waals surface area contributed by atoms with Gasteiger partial charge < -0.3 is 0 Å². The molecule has 4 aliphatic carbocycles. The zero-order valence-electron chi connectivity index (χ0n) is 28.6. The fourth-order valence-electron chi connectivity index (χ4n) is 10.6. The fourth-order valence-corrected chi connectivity index (χ4v) is 12.4. The van der Waals surface area contributed by atoms with Crippen LogP contribution in [-0.2, 0) is 14.1 Å². The van der Waals surface area contributed by atoms with E-state index in [1.165, 1.54) is 100 Å². The number of fused-ring (bicyclic) bond motifs is 16. The van der Waals surface area contributed by atoms with Crippen molar-refractivity contribution < 1.29 is 0 Å². The number of hydrogen-bond acceptors (Lipinski definition) is 0. The Balaban J connectivity index is 1.17. The molecule has 0 saturated carbocycles. The van der Waals surface area contributed by atoms with Gasteiger partial charge in [-0.3, -0.25) is 0 Å². The molecule has 0 aliphatic heterocycles. The first-order valence-electron chi connectivity index (χ1n) is 18.3. The van der Waals surface area contributed by atoms with Gasteiger partial charge in [0.1, 0.15) is 8.65 Å². The summed E-state index contributed by atoms with van der Waals surface area (Å²) in [6.45, 7) is 0. The highest BCUT2D eigenvalue weighted by molar-refractivity contribution is 9.10. The van der Waals surface area contributed by atoms with Gasteiger partial charge in [0.15, 0.2) is 0 Å². The Morgan fingerprint density at radius 3 is 0.811 bits per heavy atom. The minimum absolute atomic E-state index is 0.481. The van der Waals surface area contributed by atoms with Crippen molar-refractivity contribution in [3.05, 3.63) is 238 Å². The van der Waals surface area contributed by atoms with Crippen molar-refractivity contribution >= 4 is 31.9 Å². The van der Waals surface area contributed by atoms with E-state index in [1.807, 2.05) is 0 Å². The van der Waals surface area contributed by atoms with Gasteiger partial charge in [-0.25, -0.2) is 0 Å². The van der Waals surface area contributed by atoms with Crippen molar-refractivity contribution in [3.63, 3.8) is 0 Å². The topological polar surface area (TPSA) is 0 Å². The van der Waals surface area contributed by atoms with Crippen LogP contribution in [0.2, 0.25) is 0 Å². The molecule has 4 aliphatic rings. The van der Waals surface area contributed by atoms with Gasteiger partial charge in [-0.15, -0.1) is 0 Å². The van der Waals surface area contributed by atoms with Crippen molar-refractivity contribution in [3.8, 4) is 44.5 Å². The monoisotopic (exact) mass is 800 g/mol. The average molecular weight is 803 g/mol. The van der Waals surface area contributed by atoms with E-state index in [0.717, 1.165) is 0 Å². The lowest BCUT2D eigenvalue weighted by molar-refractivity contribution is 0.784. The molecular formula is C51H30Br2. The summed E-state index contributed by atoms with van der Waals surface area (Å²) in [6, 6.07) is 68.4. The average Bonchev–Trinajstić information content (AvgIpc) is 3.88. The lowest BCUT2D eigenvalue weighted by atomic mass is 9.69. The first-order valence-corrected chi connectivity index (χ1v) is 19.9. The van der Waals surface area contributed by atoms with Crippen LogP contribution in [0.3, 0.4) is 0 Å². The van der Waals surface area contributed by atoms with Crippen molar-refractivity contribution in [2.24, 2.45) is 0 Å². The largest absolute Gasteiger partial charge is 0.102 e. The highest BCUT2D eigenvalue weighted by Crippen LogP contribution is 2.66. The highest BCUT2D eigenvalue weighted by Gasteiger charge is 2.54. The van der Waals surface area contributed by atoms with Crippen molar-refractivity contribution in [1.29, 1.82) is 0 Å². The maximum Gasteiger partial charge on any atom is 0.102 e. The molecule has 0 heterocycles. The number of halogens is 2. The SMILES string of the molecule is BrC1(c2ccc3c(c2)C2(c4ccccc4-c4ccccc42)c2cc(C4(Br)c5ccccc5-c5ccccc54)ccc2-3)c2ccccc2-c2ccccc21. The normalized spacial score (nSPS) is 16.2. The molecule has 8 aromatic rings. The number of hydrogen-bond donors (Lipinski definition) is 0. The van der Waals surface area contributed by atoms with Crippen molar-refractivity contribution in [2.45, 2.75) is 14.1 Å². The van der Waals surface area contributed by atoms with Crippen LogP contribution in [0.15, 0.2) is 182 Å². The molecule has 0 unspecified atom stereocenters. The van der Waals surface area contributed by atoms with Crippen LogP contribution in [-0.4, -0.2) is 0 Å². The lowest BCUT2D eigenvalue weighted by Crippen LogP contribution is -2.28. The predicted octanol–water partition coefficient (Wildman–Crippen LogP) is 13.4. The Kier molecular flexibility index (Phi) is 5.95. The highest BCUT2D eigenvalue weighted by atomic mass is 79.9. The van der Waals surface area contributed by atoms with E-state index in [4.69, 9.17) is 0 Å². The molecule has 0 bridgehead atoms. The standard InChI is InChI=1S/C51H30Br2/c52-50(43-21-9-3-15-35(43)36-16-4-10-22-44(36)50)31-25-27-39-40-28-26-32(51(53)45-23-11-5-17-37(45)38-18-6-12-24-46(38)51)30-48(40)49(47(39)29-31)41-19-7-1-13-33(41)34-14-2-8-20-42(34)49/h1-30H. The molecule has 0 radical (unpaired) electrons. The molecule has 8 aromatic carbocycles. The molecule has 1 spiro atoms. The first kappa shape index (κ1) is 30.2. The predicted molar refractivity (Wildman–Crippen MR) is 224 cm³/mol. The van der Waals surface area contributed by atoms with Gasteiger partial charge in [0.2, 0.25) is 0 Å². The zero-order chi connectivity index (χ0) is 35.1. The van der Waals surface area contributed by atoms with Crippen LogP contribution in [0, 0.1) is 0 Å². The van der Waals surface area contributed by atoms with Gasteiger partial charge in [0, 0.05) is 0 Å². The summed E-state index contributed by atoms with van der Waals surface area (Å²) in [5, 5.41) is 0. The van der Waals surface area contributed by atoms with Crippen LogP contribution in [0.25, 0.3) is 44.5 Å². The van der Waals surface area contributed by atoms with E-state index in [1.54, 1.807) is 0 Å². The molecule has 2 heteroatoms. The van der Waals surface area contributed by atoms with Crippen LogP contribution >= 0.6 is 31.9 Å². The van der Waals surface area contributed by atoms with E-state index in [9.17, 15) is 0 Å². The fraction of sp³-hybridized carbons (Fsp3) is 0.0588. The van der Waals surface area contributed by atoms with Gasteiger partial charge in [-0.2, -0.15) is 0 Å². The zero-order valence-corrected chi connectivity index (χ0v) is 31.7. The molecule has 0 aromatic heterocycles. The molecule has 0 nitrogen and oxygen atoms in total. The van der Waals surface area contributed by atoms with E-state index in [2.05, 4.69) is 214 Å². The van der Waals surface area contributed by atoms with Crippen molar-refractivity contribution in [2.75, 3.05) is 0 Å². The molecule has 0 fully saturated rings. The third-order valence-corrected chi connectivity index (χ3v) is 15.3. The molecule has 0 amide bonds. The van der Waals surface area contributed by atoms with Crippen molar-refractivity contribution in [1.82, 2.24) is 0 Å². The van der Waals surface area contributed by atoms with Crippen LogP contribution in [0.4, 0.5) is 0 Å². The Morgan fingerprint density at radius 2 is 0.491 bits per heavy atom. The first-order chi connectivity index (χ1) is 26.1. The maximum atomic E-state index is 4.44. The maximum absolute atomic E-state index is 4.44. The second kappa shape index (κ2) is 10.4. The molecular weight excluding hydrogens is 772 g/mol. The van der Waals surface area contributed by atoms with E-state index >= 15 is 0 Å². The number of rotatable bonds is 2. The number of alkyl halides is 2. The minimum Gasteiger partial charge on any atom is -0.0695 e. The van der Waals surface area contributed by atoms with Crippen LogP contribution < -0.4 is 0 Å². The summed E-state index contributed by atoms with van der Waals surface area (Å²) in [7, 11) is 0. The smallest absolute Gasteiger partial charge is 0.0695 e. The van der Waals surface area contributed by atoms with Gasteiger partial charge in [-0.1, -0.05) is 214 Å². The van der Waals surface area contributed by atoms with Crippen LogP contribution in [0.1, 0.15) is 55.6 Å². The third-order valence-electron chi connectivity index (χ3n) is 12.7. The quantitative estimate of drug-likeness (QED) is 0.153. The summed E-state index contributed by atoms with van der Waals surface area (Å²) in [5.74, 6) is 0. The summed E-state index contributed by atoms with van der Waals surface area (Å²) >= 11 is 8.89. The second-order valence-electron chi connectivity index (χ2n) is 14.9. The second-order valence-corrected chi connectivity index (χ2v) is 17.2. The lowest BCUT2D eigenvalue weighted by Gasteiger charge is -2.33. The molecule has 0 saturated heterocycles. The third kappa shape index (κ3) is 3.53. The van der Waals surface area contributed by atoms with Crippen LogP contribution in [0.5, 0.6) is 0 Å². The Bertz CT molecular complexity index is 2610. The molecule has 12 rings (SSSR count). The van der Waals surface area contributed by atoms with E-state index < -0.39 is 14.1 Å². The summed E-state index contributed by atoms with van der Waals surface area (Å²) < 4.78 is -0.962. The van der Waals surface area contributed by atoms with E-state index in [0.29, 0.717) is 0 Å². The van der Waals surface area contributed by atoms with Gasteiger partial charge in [0.05, 0.1) is 5.41 Å². The minimum atomic E-state index is -0.494. The van der Waals surface area contributed by atoms with E-state index in [-0.39, 0.29) is 0 Å². The van der Waals surface area contributed by atoms with Gasteiger partial charge >= 0.3 is 0 Å². The molecule has 248 valence electrons.